The first-order valence-electron chi connectivity index (χ1n) is 5.66. The second-order valence-electron chi connectivity index (χ2n) is 4.10. The number of nitrogen functional groups attached to an aromatic ring is 1. The maximum Gasteiger partial charge on any atom is 0.0949 e. The first-order valence-corrected chi connectivity index (χ1v) is 6.74. The van der Waals surface area contributed by atoms with Gasteiger partial charge in [-0.3, -0.25) is 0 Å². The van der Waals surface area contributed by atoms with Crippen LogP contribution in [0.4, 0.5) is 5.69 Å². The summed E-state index contributed by atoms with van der Waals surface area (Å²) in [5.41, 5.74) is 9.68. The second kappa shape index (κ2) is 4.57. The Hall–Kier alpha value is -1.62. The van der Waals surface area contributed by atoms with E-state index in [0.717, 1.165) is 27.8 Å². The number of para-hydroxylation sites is 1. The van der Waals surface area contributed by atoms with Gasteiger partial charge in [0.15, 0.2) is 0 Å². The van der Waals surface area contributed by atoms with E-state index in [9.17, 15) is 0 Å². The molecule has 0 aliphatic carbocycles. The summed E-state index contributed by atoms with van der Waals surface area (Å²) in [6.07, 6.45) is 0. The van der Waals surface area contributed by atoms with Crippen molar-refractivity contribution >= 4 is 39.2 Å². The highest BCUT2D eigenvalue weighted by molar-refractivity contribution is 14.1. The largest absolute Gasteiger partial charge is 0.397 e. The Morgan fingerprint density at radius 3 is 2.50 bits per heavy atom. The van der Waals surface area contributed by atoms with Crippen molar-refractivity contribution in [3.8, 4) is 11.3 Å². The minimum absolute atomic E-state index is 0.725. The van der Waals surface area contributed by atoms with Gasteiger partial charge in [-0.1, -0.05) is 42.5 Å². The van der Waals surface area contributed by atoms with Crippen molar-refractivity contribution in [3.05, 3.63) is 58.2 Å². The zero-order chi connectivity index (χ0) is 12.5. The highest BCUT2D eigenvalue weighted by atomic mass is 127. The second-order valence-corrected chi connectivity index (χ2v) is 5.26. The van der Waals surface area contributed by atoms with Crippen molar-refractivity contribution in [1.29, 1.82) is 0 Å². The molecule has 1 aromatic heterocycles. The number of anilines is 1. The van der Waals surface area contributed by atoms with Crippen LogP contribution in [0.1, 0.15) is 0 Å². The van der Waals surface area contributed by atoms with Crippen LogP contribution in [0.3, 0.4) is 0 Å². The monoisotopic (exact) mass is 346 g/mol. The molecule has 2 aromatic carbocycles. The lowest BCUT2D eigenvalue weighted by Crippen LogP contribution is -1.93. The van der Waals surface area contributed by atoms with Crippen molar-refractivity contribution < 1.29 is 0 Å². The summed E-state index contributed by atoms with van der Waals surface area (Å²) in [7, 11) is 0. The van der Waals surface area contributed by atoms with Crippen molar-refractivity contribution in [2.45, 2.75) is 0 Å². The fourth-order valence-corrected chi connectivity index (χ4v) is 2.72. The van der Waals surface area contributed by atoms with E-state index in [2.05, 4.69) is 51.8 Å². The van der Waals surface area contributed by atoms with E-state index in [0.29, 0.717) is 0 Å². The molecular formula is C15H11IN2. The number of rotatable bonds is 1. The van der Waals surface area contributed by atoms with Gasteiger partial charge in [0.05, 0.1) is 16.9 Å². The predicted octanol–water partition coefficient (Wildman–Crippen LogP) is 4.09. The summed E-state index contributed by atoms with van der Waals surface area (Å²) < 4.78 is 1.17. The number of fused-ring (bicyclic) bond motifs is 1. The predicted molar refractivity (Wildman–Crippen MR) is 84.3 cm³/mol. The molecule has 3 heteroatoms. The van der Waals surface area contributed by atoms with E-state index in [-0.39, 0.29) is 0 Å². The lowest BCUT2D eigenvalue weighted by atomic mass is 10.1. The zero-order valence-electron chi connectivity index (χ0n) is 9.60. The lowest BCUT2D eigenvalue weighted by molar-refractivity contribution is 1.39. The average Bonchev–Trinajstić information content (AvgIpc) is 2.41. The summed E-state index contributed by atoms with van der Waals surface area (Å²) >= 11 is 2.33. The smallest absolute Gasteiger partial charge is 0.0949 e. The highest BCUT2D eigenvalue weighted by Crippen LogP contribution is 2.28. The van der Waals surface area contributed by atoms with Crippen LogP contribution in [0.5, 0.6) is 0 Å². The normalized spacial score (nSPS) is 10.7. The Balaban J connectivity index is 2.31. The minimum atomic E-state index is 0.725. The lowest BCUT2D eigenvalue weighted by Gasteiger charge is -2.07. The van der Waals surface area contributed by atoms with E-state index in [1.807, 2.05) is 30.3 Å². The molecule has 0 bridgehead atoms. The van der Waals surface area contributed by atoms with Gasteiger partial charge in [0.25, 0.3) is 0 Å². The van der Waals surface area contributed by atoms with Gasteiger partial charge in [-0.05, 0) is 34.7 Å². The van der Waals surface area contributed by atoms with Crippen molar-refractivity contribution in [2.75, 3.05) is 5.73 Å². The molecule has 0 saturated heterocycles. The summed E-state index contributed by atoms with van der Waals surface area (Å²) in [6.45, 7) is 0. The zero-order valence-corrected chi connectivity index (χ0v) is 11.8. The van der Waals surface area contributed by atoms with Gasteiger partial charge in [0.1, 0.15) is 0 Å². The Morgan fingerprint density at radius 2 is 1.72 bits per heavy atom. The molecule has 1 heterocycles. The van der Waals surface area contributed by atoms with Gasteiger partial charge in [-0.15, -0.1) is 0 Å². The highest BCUT2D eigenvalue weighted by Gasteiger charge is 2.07. The van der Waals surface area contributed by atoms with Crippen LogP contribution in [0.15, 0.2) is 54.6 Å². The topological polar surface area (TPSA) is 38.9 Å². The van der Waals surface area contributed by atoms with E-state index < -0.39 is 0 Å². The summed E-state index contributed by atoms with van der Waals surface area (Å²) in [6, 6.07) is 18.2. The van der Waals surface area contributed by atoms with Crippen molar-refractivity contribution in [3.63, 3.8) is 0 Å². The van der Waals surface area contributed by atoms with Gasteiger partial charge in [0.2, 0.25) is 0 Å². The molecule has 0 fully saturated rings. The third kappa shape index (κ3) is 1.95. The molecule has 0 amide bonds. The molecule has 0 atom stereocenters. The molecule has 18 heavy (non-hydrogen) atoms. The molecule has 3 rings (SSSR count). The Bertz CT molecular complexity index is 708. The Labute approximate surface area is 119 Å². The number of pyridine rings is 1. The Morgan fingerprint density at radius 1 is 0.944 bits per heavy atom. The summed E-state index contributed by atoms with van der Waals surface area (Å²) in [5.74, 6) is 0. The van der Waals surface area contributed by atoms with Crippen LogP contribution in [0.2, 0.25) is 0 Å². The molecule has 0 aliphatic rings. The van der Waals surface area contributed by atoms with Crippen LogP contribution in [0, 0.1) is 3.57 Å². The summed E-state index contributed by atoms with van der Waals surface area (Å²) in [4.78, 5) is 4.68. The number of halogens is 1. The van der Waals surface area contributed by atoms with Gasteiger partial charge < -0.3 is 5.73 Å². The number of nitrogens with zero attached hydrogens (tertiary/aromatic N) is 1. The molecule has 0 radical (unpaired) electrons. The number of hydrogen-bond donors (Lipinski definition) is 1. The van der Waals surface area contributed by atoms with Crippen molar-refractivity contribution in [2.24, 2.45) is 0 Å². The molecule has 3 aromatic rings. The minimum Gasteiger partial charge on any atom is -0.397 e. The third-order valence-electron chi connectivity index (χ3n) is 2.89. The number of benzene rings is 2. The fraction of sp³-hybridized carbons (Fsp3) is 0. The molecule has 88 valence electrons. The van der Waals surface area contributed by atoms with Crippen LogP contribution < -0.4 is 5.73 Å². The fourth-order valence-electron chi connectivity index (χ4n) is 1.99. The quantitative estimate of drug-likeness (QED) is 0.533. The first kappa shape index (κ1) is 11.5. The average molecular weight is 346 g/mol. The van der Waals surface area contributed by atoms with E-state index in [1.165, 1.54) is 3.57 Å². The van der Waals surface area contributed by atoms with Crippen molar-refractivity contribution in [1.82, 2.24) is 4.98 Å². The molecular weight excluding hydrogens is 335 g/mol. The van der Waals surface area contributed by atoms with Crippen LogP contribution >= 0.6 is 22.6 Å². The molecule has 0 unspecified atom stereocenters. The number of hydrogen-bond acceptors (Lipinski definition) is 2. The van der Waals surface area contributed by atoms with Crippen LogP contribution in [0.25, 0.3) is 22.2 Å². The molecule has 0 spiro atoms. The van der Waals surface area contributed by atoms with Gasteiger partial charge >= 0.3 is 0 Å². The number of aromatic nitrogens is 1. The summed E-state index contributed by atoms with van der Waals surface area (Å²) in [5, 5.41) is 1.11. The molecule has 2 N–H and O–H groups in total. The third-order valence-corrected chi connectivity index (χ3v) is 3.78. The maximum absolute atomic E-state index is 6.01. The first-order chi connectivity index (χ1) is 8.75. The molecule has 0 saturated carbocycles. The SMILES string of the molecule is Nc1cccc2c(I)cc(-c3ccccc3)nc12. The molecule has 2 nitrogen and oxygen atoms in total. The van der Waals surface area contributed by atoms with E-state index in [1.54, 1.807) is 0 Å². The standard InChI is InChI=1S/C15H11IN2/c16-12-9-14(10-5-2-1-3-6-10)18-15-11(12)7-4-8-13(15)17/h1-9H,17H2. The van der Waals surface area contributed by atoms with Gasteiger partial charge in [-0.25, -0.2) is 4.98 Å². The number of nitrogens with two attached hydrogens (primary N) is 1. The van der Waals surface area contributed by atoms with Crippen LogP contribution in [-0.4, -0.2) is 4.98 Å². The maximum atomic E-state index is 6.01. The molecule has 0 aliphatic heterocycles. The van der Waals surface area contributed by atoms with Crippen LogP contribution in [-0.2, 0) is 0 Å². The van der Waals surface area contributed by atoms with E-state index >= 15 is 0 Å². The van der Waals surface area contributed by atoms with Gasteiger partial charge in [-0.2, -0.15) is 0 Å². The Kier molecular flexibility index (Phi) is 2.91. The van der Waals surface area contributed by atoms with E-state index in [4.69, 9.17) is 5.73 Å². The van der Waals surface area contributed by atoms with Gasteiger partial charge in [0, 0.05) is 14.5 Å².